The van der Waals surface area contributed by atoms with Crippen LogP contribution >= 0.6 is 0 Å². The van der Waals surface area contributed by atoms with Crippen LogP contribution in [0.25, 0.3) is 0 Å². The third kappa shape index (κ3) is 4.85. The summed E-state index contributed by atoms with van der Waals surface area (Å²) in [5.74, 6) is -0.319. The Bertz CT molecular complexity index is 763. The second-order valence-corrected chi connectivity index (χ2v) is 4.89. The number of esters is 1. The van der Waals surface area contributed by atoms with E-state index in [9.17, 15) is 9.59 Å². The first-order chi connectivity index (χ1) is 11.6. The zero-order valence-electron chi connectivity index (χ0n) is 13.1. The van der Waals surface area contributed by atoms with Gasteiger partial charge in [-0.05, 0) is 35.9 Å². The maximum atomic E-state index is 11.8. The maximum Gasteiger partial charge on any atom is 0.338 e. The summed E-state index contributed by atoms with van der Waals surface area (Å²) in [5.41, 5.74) is 1.49. The molecule has 1 N–H and O–H groups in total. The van der Waals surface area contributed by atoms with Crippen molar-refractivity contribution in [1.29, 1.82) is 5.26 Å². The molecule has 0 fully saturated rings. The zero-order valence-corrected chi connectivity index (χ0v) is 13.1. The molecule has 0 saturated heterocycles. The number of carbonyl (C=O) groups excluding carboxylic acids is 2. The largest absolute Gasteiger partial charge is 0.497 e. The molecule has 6 heteroatoms. The predicted octanol–water partition coefficient (Wildman–Crippen LogP) is 2.04. The Morgan fingerprint density at radius 1 is 1.17 bits per heavy atom. The number of amides is 1. The lowest BCUT2D eigenvalue weighted by Gasteiger charge is -2.07. The van der Waals surface area contributed by atoms with Gasteiger partial charge >= 0.3 is 5.97 Å². The van der Waals surface area contributed by atoms with E-state index in [-0.39, 0.29) is 12.2 Å². The van der Waals surface area contributed by atoms with Crippen molar-refractivity contribution >= 4 is 11.9 Å². The summed E-state index contributed by atoms with van der Waals surface area (Å²) in [7, 11) is 1.58. The van der Waals surface area contributed by atoms with Crippen LogP contribution in [0.3, 0.4) is 0 Å². The first-order valence-electron chi connectivity index (χ1n) is 7.19. The Balaban J connectivity index is 1.79. The van der Waals surface area contributed by atoms with Gasteiger partial charge in [0.05, 0.1) is 24.3 Å². The number of nitrogens with zero attached hydrogens (tertiary/aromatic N) is 1. The Hall–Kier alpha value is -3.33. The van der Waals surface area contributed by atoms with Crippen molar-refractivity contribution in [3.63, 3.8) is 0 Å². The number of hydrogen-bond acceptors (Lipinski definition) is 5. The number of nitrogens with one attached hydrogen (secondary N) is 1. The van der Waals surface area contributed by atoms with Crippen molar-refractivity contribution in [1.82, 2.24) is 5.32 Å². The second kappa shape index (κ2) is 8.34. The maximum absolute atomic E-state index is 11.8. The molecule has 0 heterocycles. The first kappa shape index (κ1) is 17.0. The lowest BCUT2D eigenvalue weighted by Crippen LogP contribution is -2.28. The van der Waals surface area contributed by atoms with Crippen LogP contribution in [0.4, 0.5) is 0 Å². The van der Waals surface area contributed by atoms with Gasteiger partial charge in [-0.25, -0.2) is 4.79 Å². The predicted molar refractivity (Wildman–Crippen MR) is 86.3 cm³/mol. The van der Waals surface area contributed by atoms with Crippen LogP contribution in [-0.2, 0) is 16.1 Å². The minimum absolute atomic E-state index is 0.233. The van der Waals surface area contributed by atoms with E-state index < -0.39 is 11.9 Å². The summed E-state index contributed by atoms with van der Waals surface area (Å²) in [6.45, 7) is -0.0595. The molecule has 2 aromatic carbocycles. The Labute approximate surface area is 139 Å². The van der Waals surface area contributed by atoms with Crippen LogP contribution < -0.4 is 10.1 Å². The number of hydrogen-bond donors (Lipinski definition) is 1. The van der Waals surface area contributed by atoms with Gasteiger partial charge in [0.1, 0.15) is 5.75 Å². The molecule has 0 aliphatic rings. The summed E-state index contributed by atoms with van der Waals surface area (Å²) in [5, 5.41) is 11.5. The summed E-state index contributed by atoms with van der Waals surface area (Å²) < 4.78 is 9.99. The van der Waals surface area contributed by atoms with E-state index >= 15 is 0 Å². The van der Waals surface area contributed by atoms with Crippen molar-refractivity contribution in [2.75, 3.05) is 13.7 Å². The van der Waals surface area contributed by atoms with Gasteiger partial charge in [-0.15, -0.1) is 0 Å². The van der Waals surface area contributed by atoms with E-state index in [0.717, 1.165) is 11.3 Å². The van der Waals surface area contributed by atoms with Crippen LogP contribution in [-0.4, -0.2) is 25.6 Å². The van der Waals surface area contributed by atoms with Crippen LogP contribution in [0, 0.1) is 11.3 Å². The molecule has 0 radical (unpaired) electrons. The zero-order chi connectivity index (χ0) is 17.4. The first-order valence-corrected chi connectivity index (χ1v) is 7.19. The highest BCUT2D eigenvalue weighted by molar-refractivity contribution is 5.91. The smallest absolute Gasteiger partial charge is 0.338 e. The SMILES string of the molecule is COc1ccc(CNC(=O)COC(=O)c2cccc(C#N)c2)cc1. The molecule has 0 aliphatic carbocycles. The van der Waals surface area contributed by atoms with E-state index in [4.69, 9.17) is 14.7 Å². The van der Waals surface area contributed by atoms with Crippen LogP contribution in [0.15, 0.2) is 48.5 Å². The molecule has 122 valence electrons. The molecular weight excluding hydrogens is 308 g/mol. The number of ether oxygens (including phenoxy) is 2. The molecule has 0 unspecified atom stereocenters. The fourth-order valence-corrected chi connectivity index (χ4v) is 1.93. The van der Waals surface area contributed by atoms with Crippen LogP contribution in [0.5, 0.6) is 5.75 Å². The highest BCUT2D eigenvalue weighted by atomic mass is 16.5. The fraction of sp³-hybridized carbons (Fsp3) is 0.167. The van der Waals surface area contributed by atoms with E-state index in [1.54, 1.807) is 31.4 Å². The number of nitriles is 1. The molecule has 2 aromatic rings. The average Bonchev–Trinajstić information content (AvgIpc) is 2.64. The Kier molecular flexibility index (Phi) is 5.92. The number of methoxy groups -OCH3 is 1. The topological polar surface area (TPSA) is 88.4 Å². The highest BCUT2D eigenvalue weighted by Gasteiger charge is 2.10. The van der Waals surface area contributed by atoms with Crippen molar-refractivity contribution in [2.24, 2.45) is 0 Å². The second-order valence-electron chi connectivity index (χ2n) is 4.89. The fourth-order valence-electron chi connectivity index (χ4n) is 1.93. The van der Waals surface area contributed by atoms with Gasteiger partial charge in [0.15, 0.2) is 6.61 Å². The van der Waals surface area contributed by atoms with Gasteiger partial charge in [0.25, 0.3) is 5.91 Å². The number of carbonyl (C=O) groups is 2. The highest BCUT2D eigenvalue weighted by Crippen LogP contribution is 2.11. The Morgan fingerprint density at radius 2 is 1.92 bits per heavy atom. The van der Waals surface area contributed by atoms with Gasteiger partial charge in [-0.2, -0.15) is 5.26 Å². The van der Waals surface area contributed by atoms with Gasteiger partial charge in [-0.1, -0.05) is 18.2 Å². The monoisotopic (exact) mass is 324 g/mol. The lowest BCUT2D eigenvalue weighted by atomic mass is 10.1. The number of benzene rings is 2. The van der Waals surface area contributed by atoms with Crippen molar-refractivity contribution in [3.8, 4) is 11.8 Å². The summed E-state index contributed by atoms with van der Waals surface area (Å²) in [4.78, 5) is 23.6. The summed E-state index contributed by atoms with van der Waals surface area (Å²) in [6, 6.07) is 15.3. The van der Waals surface area contributed by atoms with E-state index in [1.807, 2.05) is 18.2 Å². The van der Waals surface area contributed by atoms with E-state index in [0.29, 0.717) is 12.1 Å². The van der Waals surface area contributed by atoms with Crippen LogP contribution in [0.1, 0.15) is 21.5 Å². The lowest BCUT2D eigenvalue weighted by molar-refractivity contribution is -0.124. The number of rotatable bonds is 6. The molecular formula is C18H16N2O4. The quantitative estimate of drug-likeness (QED) is 0.822. The van der Waals surface area contributed by atoms with E-state index in [2.05, 4.69) is 5.32 Å². The third-order valence-electron chi connectivity index (χ3n) is 3.21. The van der Waals surface area contributed by atoms with Gasteiger partial charge in [-0.3, -0.25) is 4.79 Å². The summed E-state index contributed by atoms with van der Waals surface area (Å²) in [6.07, 6.45) is 0. The molecule has 0 aliphatic heterocycles. The van der Waals surface area contributed by atoms with E-state index in [1.165, 1.54) is 12.1 Å². The van der Waals surface area contributed by atoms with Gasteiger partial charge < -0.3 is 14.8 Å². The minimum atomic E-state index is -0.647. The molecule has 0 saturated carbocycles. The van der Waals surface area contributed by atoms with Crippen molar-refractivity contribution in [3.05, 3.63) is 65.2 Å². The van der Waals surface area contributed by atoms with Crippen molar-refractivity contribution in [2.45, 2.75) is 6.54 Å². The molecule has 0 bridgehead atoms. The molecule has 0 spiro atoms. The normalized spacial score (nSPS) is 9.67. The molecule has 0 atom stereocenters. The standard InChI is InChI=1S/C18H16N2O4/c1-23-16-7-5-13(6-8-16)11-20-17(21)12-24-18(22)15-4-2-3-14(9-15)10-19/h2-9H,11-12H2,1H3,(H,20,21). The van der Waals surface area contributed by atoms with Gasteiger partial charge in [0.2, 0.25) is 0 Å². The molecule has 1 amide bonds. The molecule has 0 aromatic heterocycles. The summed E-state index contributed by atoms with van der Waals surface area (Å²) >= 11 is 0. The van der Waals surface area contributed by atoms with Crippen LogP contribution in [0.2, 0.25) is 0 Å². The van der Waals surface area contributed by atoms with Crippen molar-refractivity contribution < 1.29 is 19.1 Å². The van der Waals surface area contributed by atoms with Gasteiger partial charge in [0, 0.05) is 6.54 Å². The minimum Gasteiger partial charge on any atom is -0.497 e. The molecule has 24 heavy (non-hydrogen) atoms. The molecule has 2 rings (SSSR count). The third-order valence-corrected chi connectivity index (χ3v) is 3.21. The average molecular weight is 324 g/mol. The Morgan fingerprint density at radius 3 is 2.58 bits per heavy atom. The molecule has 6 nitrogen and oxygen atoms in total.